The second-order valence-electron chi connectivity index (χ2n) is 2.76. The fourth-order valence-corrected chi connectivity index (χ4v) is 1.17. The van der Waals surface area contributed by atoms with Crippen LogP contribution in [0.4, 0.5) is 0 Å². The standard InChI is InChI=1S/C6H14N2.Pt/c7-4-6(5-8)2-1-3-6;/h1-5,7-8H2;/q;+2. The fourth-order valence-electron chi connectivity index (χ4n) is 1.17. The van der Waals surface area contributed by atoms with Gasteiger partial charge in [-0.15, -0.1) is 0 Å². The van der Waals surface area contributed by atoms with Crippen LogP contribution in [0.5, 0.6) is 0 Å². The first kappa shape index (κ1) is 9.61. The zero-order valence-corrected chi connectivity index (χ0v) is 7.78. The van der Waals surface area contributed by atoms with E-state index < -0.39 is 0 Å². The van der Waals surface area contributed by atoms with Gasteiger partial charge in [0, 0.05) is 0 Å². The van der Waals surface area contributed by atoms with E-state index in [4.69, 9.17) is 11.5 Å². The molecule has 1 fully saturated rings. The monoisotopic (exact) mass is 309 g/mol. The van der Waals surface area contributed by atoms with Crippen molar-refractivity contribution < 1.29 is 21.1 Å². The SMILES string of the molecule is NCC1(CN)CCC1.[Pt+2]. The second kappa shape index (κ2) is 3.70. The van der Waals surface area contributed by atoms with E-state index in [0.717, 1.165) is 13.1 Å². The van der Waals surface area contributed by atoms with Crippen molar-refractivity contribution in [2.45, 2.75) is 19.3 Å². The predicted molar refractivity (Wildman–Crippen MR) is 34.4 cm³/mol. The van der Waals surface area contributed by atoms with Crippen molar-refractivity contribution in [1.82, 2.24) is 0 Å². The Hall–Kier alpha value is 0.608. The van der Waals surface area contributed by atoms with Crippen molar-refractivity contribution in [2.24, 2.45) is 16.9 Å². The van der Waals surface area contributed by atoms with Gasteiger partial charge in [-0.3, -0.25) is 0 Å². The van der Waals surface area contributed by atoms with Gasteiger partial charge in [0.1, 0.15) is 0 Å². The zero-order valence-electron chi connectivity index (χ0n) is 5.51. The van der Waals surface area contributed by atoms with Gasteiger partial charge < -0.3 is 11.5 Å². The molecule has 0 saturated heterocycles. The maximum atomic E-state index is 5.50. The maximum Gasteiger partial charge on any atom is 2.00 e. The van der Waals surface area contributed by atoms with Gasteiger partial charge in [-0.2, -0.15) is 0 Å². The van der Waals surface area contributed by atoms with Gasteiger partial charge in [0.15, 0.2) is 0 Å². The van der Waals surface area contributed by atoms with E-state index in [1.54, 1.807) is 0 Å². The normalized spacial score (nSPS) is 22.0. The second-order valence-corrected chi connectivity index (χ2v) is 2.76. The molecule has 0 spiro atoms. The van der Waals surface area contributed by atoms with Crippen molar-refractivity contribution in [3.8, 4) is 0 Å². The molecule has 0 radical (unpaired) electrons. The van der Waals surface area contributed by atoms with Crippen LogP contribution in [-0.2, 0) is 21.1 Å². The summed E-state index contributed by atoms with van der Waals surface area (Å²) in [5.74, 6) is 0. The Labute approximate surface area is 70.6 Å². The van der Waals surface area contributed by atoms with Crippen LogP contribution in [-0.4, -0.2) is 13.1 Å². The van der Waals surface area contributed by atoms with Gasteiger partial charge in [-0.1, -0.05) is 6.42 Å². The Morgan fingerprint density at radius 3 is 1.56 bits per heavy atom. The average Bonchev–Trinajstić information content (AvgIpc) is 1.67. The van der Waals surface area contributed by atoms with Gasteiger partial charge in [0.2, 0.25) is 0 Å². The molecule has 56 valence electrons. The van der Waals surface area contributed by atoms with Crippen LogP contribution in [0.1, 0.15) is 19.3 Å². The van der Waals surface area contributed by atoms with E-state index >= 15 is 0 Å². The van der Waals surface area contributed by atoms with Crippen molar-refractivity contribution in [2.75, 3.05) is 13.1 Å². The molecule has 1 saturated carbocycles. The number of hydrogen-bond acceptors (Lipinski definition) is 2. The topological polar surface area (TPSA) is 52.0 Å². The summed E-state index contributed by atoms with van der Waals surface area (Å²) in [7, 11) is 0. The van der Waals surface area contributed by atoms with E-state index in [0.29, 0.717) is 5.41 Å². The first-order valence-corrected chi connectivity index (χ1v) is 3.23. The molecular formula is C6H14N2Pt+2. The summed E-state index contributed by atoms with van der Waals surface area (Å²) in [5, 5.41) is 0. The smallest absolute Gasteiger partial charge is 0.330 e. The Balaban J connectivity index is 0.000000640. The Kier molecular flexibility index (Phi) is 3.95. The first-order valence-electron chi connectivity index (χ1n) is 3.23. The van der Waals surface area contributed by atoms with Gasteiger partial charge >= 0.3 is 21.1 Å². The van der Waals surface area contributed by atoms with Crippen LogP contribution in [0.2, 0.25) is 0 Å². The summed E-state index contributed by atoms with van der Waals surface area (Å²) in [6.45, 7) is 1.56. The number of rotatable bonds is 2. The molecule has 1 aliphatic carbocycles. The molecule has 0 heterocycles. The van der Waals surface area contributed by atoms with Crippen LogP contribution < -0.4 is 11.5 Å². The summed E-state index contributed by atoms with van der Waals surface area (Å²) in [6, 6.07) is 0. The number of nitrogens with two attached hydrogens (primary N) is 2. The molecule has 0 amide bonds. The van der Waals surface area contributed by atoms with Crippen molar-refractivity contribution in [3.05, 3.63) is 0 Å². The summed E-state index contributed by atoms with van der Waals surface area (Å²) in [6.07, 6.45) is 3.83. The molecule has 0 aliphatic heterocycles. The molecule has 0 bridgehead atoms. The number of hydrogen-bond donors (Lipinski definition) is 2. The minimum absolute atomic E-state index is 0. The first-order chi connectivity index (χ1) is 3.83. The average molecular weight is 309 g/mol. The van der Waals surface area contributed by atoms with Gasteiger partial charge in [0.25, 0.3) is 0 Å². The van der Waals surface area contributed by atoms with Gasteiger partial charge in [-0.25, -0.2) is 0 Å². The van der Waals surface area contributed by atoms with Crippen molar-refractivity contribution in [3.63, 3.8) is 0 Å². The third-order valence-electron chi connectivity index (χ3n) is 2.28. The molecule has 1 aliphatic rings. The minimum Gasteiger partial charge on any atom is -0.330 e. The van der Waals surface area contributed by atoms with Crippen LogP contribution in [0.25, 0.3) is 0 Å². The largest absolute Gasteiger partial charge is 2.00 e. The van der Waals surface area contributed by atoms with E-state index in [-0.39, 0.29) is 21.1 Å². The third-order valence-corrected chi connectivity index (χ3v) is 2.28. The minimum atomic E-state index is 0. The Morgan fingerprint density at radius 2 is 1.56 bits per heavy atom. The zero-order chi connectivity index (χ0) is 6.04. The van der Waals surface area contributed by atoms with Crippen molar-refractivity contribution in [1.29, 1.82) is 0 Å². The molecule has 1 rings (SSSR count). The van der Waals surface area contributed by atoms with Crippen LogP contribution in [0.3, 0.4) is 0 Å². The Bertz CT molecular complexity index is 67.6. The quantitative estimate of drug-likeness (QED) is 0.759. The summed E-state index contributed by atoms with van der Waals surface area (Å²) < 4.78 is 0. The molecule has 4 N–H and O–H groups in total. The van der Waals surface area contributed by atoms with Crippen LogP contribution in [0.15, 0.2) is 0 Å². The summed E-state index contributed by atoms with van der Waals surface area (Å²) >= 11 is 0. The van der Waals surface area contributed by atoms with Crippen LogP contribution in [0, 0.1) is 5.41 Å². The van der Waals surface area contributed by atoms with E-state index in [2.05, 4.69) is 0 Å². The summed E-state index contributed by atoms with van der Waals surface area (Å²) in [4.78, 5) is 0. The van der Waals surface area contributed by atoms with Crippen LogP contribution >= 0.6 is 0 Å². The predicted octanol–water partition coefficient (Wildman–Crippen LogP) is 0.0716. The molecule has 0 aromatic carbocycles. The summed E-state index contributed by atoms with van der Waals surface area (Å²) in [5.41, 5.74) is 11.4. The molecule has 0 aromatic heterocycles. The van der Waals surface area contributed by atoms with Gasteiger partial charge in [0.05, 0.1) is 0 Å². The van der Waals surface area contributed by atoms with E-state index in [9.17, 15) is 0 Å². The Morgan fingerprint density at radius 1 is 1.11 bits per heavy atom. The van der Waals surface area contributed by atoms with E-state index in [1.165, 1.54) is 19.3 Å². The van der Waals surface area contributed by atoms with Gasteiger partial charge in [-0.05, 0) is 31.3 Å². The molecular weight excluding hydrogens is 295 g/mol. The van der Waals surface area contributed by atoms with E-state index in [1.807, 2.05) is 0 Å². The fraction of sp³-hybridized carbons (Fsp3) is 1.00. The molecule has 3 heteroatoms. The molecule has 9 heavy (non-hydrogen) atoms. The molecule has 0 atom stereocenters. The molecule has 0 aromatic rings. The molecule has 2 nitrogen and oxygen atoms in total. The maximum absolute atomic E-state index is 5.50. The molecule has 0 unspecified atom stereocenters. The third kappa shape index (κ3) is 1.76. The van der Waals surface area contributed by atoms with Crippen molar-refractivity contribution >= 4 is 0 Å².